The molecule has 186 valence electrons. The van der Waals surface area contributed by atoms with Crippen LogP contribution in [0.25, 0.3) is 17.2 Å². The zero-order chi connectivity index (χ0) is 25.5. The molecule has 0 saturated carbocycles. The smallest absolute Gasteiger partial charge is 0.329 e. The molecule has 1 amide bonds. The van der Waals surface area contributed by atoms with Gasteiger partial charge >= 0.3 is 8.46 Å². The molecule has 1 heterocycles. The van der Waals surface area contributed by atoms with Crippen molar-refractivity contribution in [3.8, 4) is 16.9 Å². The number of benzene rings is 3. The Hall–Kier alpha value is -3.23. The van der Waals surface area contributed by atoms with Crippen molar-refractivity contribution in [2.75, 3.05) is 11.9 Å². The highest BCUT2D eigenvalue weighted by Gasteiger charge is 2.20. The number of ether oxygens (including phenoxy) is 1. The van der Waals surface area contributed by atoms with Gasteiger partial charge in [0, 0.05) is 28.8 Å². The molecule has 1 unspecified atom stereocenters. The Balaban J connectivity index is 1.65. The van der Waals surface area contributed by atoms with Crippen molar-refractivity contribution in [3.63, 3.8) is 0 Å². The second kappa shape index (κ2) is 12.1. The number of carbonyl (C=O) groups is 1. The zero-order valence-corrected chi connectivity index (χ0v) is 22.4. The van der Waals surface area contributed by atoms with Crippen molar-refractivity contribution in [2.24, 2.45) is 0 Å². The summed E-state index contributed by atoms with van der Waals surface area (Å²) in [5.41, 5.74) is 9.50. The zero-order valence-electron chi connectivity index (χ0n) is 21.4. The molecular weight excluding hydrogens is 465 g/mol. The van der Waals surface area contributed by atoms with Crippen LogP contribution in [-0.2, 0) is 28.4 Å². The van der Waals surface area contributed by atoms with Gasteiger partial charge in [0.05, 0.1) is 6.61 Å². The number of rotatable bonds is 9. The molecule has 4 rings (SSSR count). The van der Waals surface area contributed by atoms with E-state index in [1.54, 1.807) is 0 Å². The molecule has 0 spiro atoms. The maximum absolute atomic E-state index is 13.5. The number of anilines is 1. The van der Waals surface area contributed by atoms with E-state index in [2.05, 4.69) is 62.5 Å². The van der Waals surface area contributed by atoms with Gasteiger partial charge in [0.15, 0.2) is 6.16 Å². The van der Waals surface area contributed by atoms with Crippen LogP contribution >= 0.6 is 8.46 Å². The van der Waals surface area contributed by atoms with Crippen LogP contribution in [0.1, 0.15) is 60.9 Å². The van der Waals surface area contributed by atoms with Crippen molar-refractivity contribution in [1.82, 2.24) is 0 Å². The molecule has 0 aromatic heterocycles. The summed E-state index contributed by atoms with van der Waals surface area (Å²) in [6, 6.07) is 18.6. The predicted molar refractivity (Wildman–Crippen MR) is 150 cm³/mol. The molecule has 4 nitrogen and oxygen atoms in total. The average molecular weight is 501 g/mol. The first-order chi connectivity index (χ1) is 17.5. The minimum Gasteiger partial charge on any atom is -0.493 e. The van der Waals surface area contributed by atoms with E-state index in [4.69, 9.17) is 4.74 Å². The third-order valence-corrected chi connectivity index (χ3v) is 7.21. The normalized spacial score (nSPS) is 12.9. The second-order valence-electron chi connectivity index (χ2n) is 9.39. The number of carbonyl (C=O) groups excluding carboxylic acids is 1. The highest BCUT2D eigenvalue weighted by Crippen LogP contribution is 2.33. The molecule has 1 aliphatic rings. The quantitative estimate of drug-likeness (QED) is 0.304. The molecule has 36 heavy (non-hydrogen) atoms. The van der Waals surface area contributed by atoms with E-state index >= 15 is 0 Å². The van der Waals surface area contributed by atoms with Crippen LogP contribution in [0.4, 0.5) is 5.69 Å². The molecule has 0 aliphatic carbocycles. The number of amides is 1. The van der Waals surface area contributed by atoms with E-state index in [1.165, 1.54) is 16.7 Å². The molecule has 0 saturated heterocycles. The Kier molecular flexibility index (Phi) is 8.72. The number of hydrogen-bond acceptors (Lipinski definition) is 3. The molecule has 3 aromatic rings. The largest absolute Gasteiger partial charge is 0.493 e. The Labute approximate surface area is 216 Å². The second-order valence-corrected chi connectivity index (χ2v) is 10.0. The van der Waals surface area contributed by atoms with Gasteiger partial charge in [-0.2, -0.15) is 0 Å². The Bertz CT molecular complexity index is 1280. The Morgan fingerprint density at radius 1 is 0.944 bits per heavy atom. The summed E-state index contributed by atoms with van der Waals surface area (Å²) in [4.78, 5) is 13.5. The molecule has 1 N–H and O–H groups in total. The van der Waals surface area contributed by atoms with Gasteiger partial charge in [0.25, 0.3) is 5.91 Å². The van der Waals surface area contributed by atoms with Gasteiger partial charge in [-0.05, 0) is 66.3 Å². The molecular formula is C31H35NO3P+. The number of hydrogen-bond donors (Lipinski definition) is 1. The first kappa shape index (κ1) is 25.9. The van der Waals surface area contributed by atoms with E-state index in [0.717, 1.165) is 59.4 Å². The molecule has 3 aromatic carbocycles. The Morgan fingerprint density at radius 3 is 2.39 bits per heavy atom. The van der Waals surface area contributed by atoms with Crippen molar-refractivity contribution in [3.05, 3.63) is 88.0 Å². The lowest BCUT2D eigenvalue weighted by molar-refractivity contribution is -0.113. The summed E-state index contributed by atoms with van der Waals surface area (Å²) >= 11 is 0. The third-order valence-electron chi connectivity index (χ3n) is 6.68. The van der Waals surface area contributed by atoms with Crippen LogP contribution in [0.15, 0.2) is 60.2 Å². The average Bonchev–Trinajstić information content (AvgIpc) is 3.10. The van der Waals surface area contributed by atoms with Gasteiger partial charge in [0.2, 0.25) is 0 Å². The highest BCUT2D eigenvalue weighted by atomic mass is 31.1. The topological polar surface area (TPSA) is 55.4 Å². The van der Waals surface area contributed by atoms with Crippen LogP contribution in [0.2, 0.25) is 0 Å². The van der Waals surface area contributed by atoms with E-state index < -0.39 is 0 Å². The van der Waals surface area contributed by atoms with Crippen LogP contribution < -0.4 is 10.1 Å². The summed E-state index contributed by atoms with van der Waals surface area (Å²) < 4.78 is 17.4. The van der Waals surface area contributed by atoms with Crippen molar-refractivity contribution in [1.29, 1.82) is 0 Å². The molecule has 0 fully saturated rings. The SMILES string of the molecule is CCCc1c(C[PH+]=O)ccc(NC(=O)C2=Cc3cc(-c4ccc(C)cc4)ccc3OCC2)c1CCC. The molecule has 1 atom stereocenters. The van der Waals surface area contributed by atoms with Crippen molar-refractivity contribution in [2.45, 2.75) is 59.0 Å². The van der Waals surface area contributed by atoms with E-state index in [0.29, 0.717) is 24.8 Å². The monoisotopic (exact) mass is 500 g/mol. The first-order valence-corrected chi connectivity index (χ1v) is 14.0. The van der Waals surface area contributed by atoms with Gasteiger partial charge in [-0.1, -0.05) is 73.2 Å². The molecule has 0 radical (unpaired) electrons. The summed E-state index contributed by atoms with van der Waals surface area (Å²) in [5, 5.41) is 3.21. The van der Waals surface area contributed by atoms with Crippen LogP contribution in [0.3, 0.4) is 0 Å². The molecule has 5 heteroatoms. The summed E-state index contributed by atoms with van der Waals surface area (Å²) in [6.07, 6.45) is 6.86. The molecule has 1 aliphatic heterocycles. The highest BCUT2D eigenvalue weighted by molar-refractivity contribution is 7.22. The van der Waals surface area contributed by atoms with Gasteiger partial charge in [-0.3, -0.25) is 4.79 Å². The fraction of sp³-hybridized carbons (Fsp3) is 0.323. The van der Waals surface area contributed by atoms with Gasteiger partial charge in [-0.25, -0.2) is 0 Å². The first-order valence-electron chi connectivity index (χ1n) is 12.9. The lowest BCUT2D eigenvalue weighted by Gasteiger charge is -2.18. The van der Waals surface area contributed by atoms with Crippen LogP contribution in [0, 0.1) is 6.92 Å². The predicted octanol–water partition coefficient (Wildman–Crippen LogP) is 7.90. The molecule has 0 bridgehead atoms. The van der Waals surface area contributed by atoms with E-state index in [9.17, 15) is 9.36 Å². The fourth-order valence-electron chi connectivity index (χ4n) is 4.83. The van der Waals surface area contributed by atoms with Crippen LogP contribution in [0.5, 0.6) is 5.75 Å². The third kappa shape index (κ3) is 5.94. The maximum atomic E-state index is 13.5. The van der Waals surface area contributed by atoms with Crippen molar-refractivity contribution >= 4 is 26.1 Å². The fourth-order valence-corrected chi connectivity index (χ4v) is 5.32. The minimum atomic E-state index is -0.360. The van der Waals surface area contributed by atoms with Crippen molar-refractivity contribution < 1.29 is 14.1 Å². The van der Waals surface area contributed by atoms with E-state index in [-0.39, 0.29) is 14.4 Å². The van der Waals surface area contributed by atoms with Gasteiger partial charge in [-0.15, -0.1) is 0 Å². The standard InChI is InChI=1S/C31H34NO3P/c1-4-6-27-25(20-36-34)12-14-29(28(27)7-5-2)32-31(33)24-16-17-35-30-15-13-23(18-26(30)19-24)22-10-8-21(3)9-11-22/h8-15,18-19H,4-7,16-17,20H2,1-3H3,(H,32,33)/p+1. The van der Waals surface area contributed by atoms with Gasteiger partial charge in [0.1, 0.15) is 5.75 Å². The Morgan fingerprint density at radius 2 is 1.67 bits per heavy atom. The number of fused-ring (bicyclic) bond motifs is 1. The number of aryl methyl sites for hydroxylation is 1. The lowest BCUT2D eigenvalue weighted by atomic mass is 9.93. The maximum Gasteiger partial charge on any atom is 0.329 e. The summed E-state index contributed by atoms with van der Waals surface area (Å²) in [6.45, 7) is 6.85. The summed E-state index contributed by atoms with van der Waals surface area (Å²) in [5.74, 6) is 0.707. The van der Waals surface area contributed by atoms with Crippen LogP contribution in [-0.4, -0.2) is 12.5 Å². The van der Waals surface area contributed by atoms with E-state index in [1.807, 2.05) is 24.3 Å². The number of nitrogens with one attached hydrogen (secondary N) is 1. The summed E-state index contributed by atoms with van der Waals surface area (Å²) in [7, 11) is -0.360. The van der Waals surface area contributed by atoms with Gasteiger partial charge < -0.3 is 10.1 Å². The minimum absolute atomic E-state index is 0.0922. The lowest BCUT2D eigenvalue weighted by Crippen LogP contribution is -2.17.